The summed E-state index contributed by atoms with van der Waals surface area (Å²) in [5.74, 6) is -0.190. The van der Waals surface area contributed by atoms with E-state index in [9.17, 15) is 9.59 Å². The first-order chi connectivity index (χ1) is 17.4. The topological polar surface area (TPSA) is 122 Å². The van der Waals surface area contributed by atoms with Crippen molar-refractivity contribution in [3.05, 3.63) is 24.0 Å². The summed E-state index contributed by atoms with van der Waals surface area (Å²) < 4.78 is 31.2. The maximum absolute atomic E-state index is 15.1. The zero-order chi connectivity index (χ0) is 25.7. The highest BCUT2D eigenvalue weighted by Crippen LogP contribution is 2.29. The normalized spacial score (nSPS) is 17.7. The highest BCUT2D eigenvalue weighted by atomic mass is 19.1. The molecule has 3 heterocycles. The van der Waals surface area contributed by atoms with Crippen molar-refractivity contribution in [2.24, 2.45) is 0 Å². The number of rotatable bonds is 9. The van der Waals surface area contributed by atoms with Crippen molar-refractivity contribution < 1.29 is 28.2 Å². The third-order valence-corrected chi connectivity index (χ3v) is 5.73. The number of hydrogen-bond donors (Lipinski definition) is 1. The van der Waals surface area contributed by atoms with E-state index in [2.05, 4.69) is 20.3 Å². The average Bonchev–Trinajstić information content (AvgIpc) is 3.23. The van der Waals surface area contributed by atoms with Gasteiger partial charge in [0.15, 0.2) is 0 Å². The summed E-state index contributed by atoms with van der Waals surface area (Å²) in [6.07, 6.45) is -1.06. The summed E-state index contributed by atoms with van der Waals surface area (Å²) in [5, 5.41) is 2.62. The van der Waals surface area contributed by atoms with Gasteiger partial charge in [-0.15, -0.1) is 4.98 Å². The number of ether oxygens (including phenoxy) is 3. The van der Waals surface area contributed by atoms with Crippen LogP contribution in [-0.4, -0.2) is 85.5 Å². The van der Waals surface area contributed by atoms with Crippen molar-refractivity contribution in [3.63, 3.8) is 0 Å². The molecule has 2 aromatic rings. The Hall–Kier alpha value is -3.90. The Labute approximate surface area is 208 Å². The molecule has 13 heteroatoms. The van der Waals surface area contributed by atoms with E-state index in [1.54, 1.807) is 12.1 Å². The Balaban J connectivity index is 1.40. The van der Waals surface area contributed by atoms with Gasteiger partial charge in [-0.1, -0.05) is 0 Å². The van der Waals surface area contributed by atoms with E-state index in [1.807, 2.05) is 23.6 Å². The molecule has 2 fully saturated rings. The quantitative estimate of drug-likeness (QED) is 0.540. The summed E-state index contributed by atoms with van der Waals surface area (Å²) in [7, 11) is 0. The number of anilines is 3. The Kier molecular flexibility index (Phi) is 7.86. The van der Waals surface area contributed by atoms with Gasteiger partial charge in [0.2, 0.25) is 11.9 Å². The molecule has 0 unspecified atom stereocenters. The van der Waals surface area contributed by atoms with Crippen LogP contribution < -0.4 is 29.5 Å². The van der Waals surface area contributed by atoms with Crippen LogP contribution in [0, 0.1) is 5.82 Å². The highest BCUT2D eigenvalue weighted by molar-refractivity contribution is 5.90. The number of cyclic esters (lactones) is 1. The van der Waals surface area contributed by atoms with Gasteiger partial charge in [0.25, 0.3) is 0 Å². The lowest BCUT2D eigenvalue weighted by Crippen LogP contribution is -2.47. The van der Waals surface area contributed by atoms with Crippen LogP contribution in [0.15, 0.2) is 18.2 Å². The Morgan fingerprint density at radius 3 is 2.31 bits per heavy atom. The van der Waals surface area contributed by atoms with E-state index < -0.39 is 18.0 Å². The minimum Gasteiger partial charge on any atom is -0.464 e. The Morgan fingerprint density at radius 2 is 1.72 bits per heavy atom. The molecule has 2 aliphatic heterocycles. The van der Waals surface area contributed by atoms with E-state index in [0.29, 0.717) is 56.7 Å². The maximum Gasteiger partial charge on any atom is 0.414 e. The highest BCUT2D eigenvalue weighted by Gasteiger charge is 2.33. The number of amides is 2. The molecule has 0 saturated carbocycles. The molecule has 2 saturated heterocycles. The lowest BCUT2D eigenvalue weighted by molar-refractivity contribution is -0.119. The third-order valence-electron chi connectivity index (χ3n) is 5.73. The number of benzene rings is 1. The first-order valence-corrected chi connectivity index (χ1v) is 11.9. The fraction of sp³-hybridized carbons (Fsp3) is 0.522. The van der Waals surface area contributed by atoms with Crippen molar-refractivity contribution in [3.8, 4) is 12.0 Å². The molecule has 36 heavy (non-hydrogen) atoms. The number of aromatic nitrogens is 3. The molecule has 2 amide bonds. The van der Waals surface area contributed by atoms with Crippen LogP contribution in [0.25, 0.3) is 0 Å². The predicted molar refractivity (Wildman–Crippen MR) is 129 cm³/mol. The number of nitrogens with zero attached hydrogens (tertiary/aromatic N) is 6. The van der Waals surface area contributed by atoms with E-state index in [-0.39, 0.29) is 31.0 Å². The summed E-state index contributed by atoms with van der Waals surface area (Å²) >= 11 is 0. The monoisotopic (exact) mass is 503 g/mol. The number of carbonyl (C=O) groups excluding carboxylic acids is 2. The molecule has 1 aromatic carbocycles. The van der Waals surface area contributed by atoms with E-state index >= 15 is 4.39 Å². The van der Waals surface area contributed by atoms with Crippen molar-refractivity contribution >= 4 is 29.3 Å². The van der Waals surface area contributed by atoms with Gasteiger partial charge in [-0.2, -0.15) is 9.97 Å². The van der Waals surface area contributed by atoms with Crippen LogP contribution in [0.2, 0.25) is 0 Å². The molecule has 0 aliphatic carbocycles. The smallest absolute Gasteiger partial charge is 0.414 e. The molecular weight excluding hydrogens is 473 g/mol. The van der Waals surface area contributed by atoms with Gasteiger partial charge in [-0.25, -0.2) is 9.18 Å². The van der Waals surface area contributed by atoms with Gasteiger partial charge in [0.05, 0.1) is 37.7 Å². The second-order valence-corrected chi connectivity index (χ2v) is 8.23. The molecule has 0 bridgehead atoms. The number of piperazine rings is 1. The number of carbonyl (C=O) groups is 2. The Bertz CT molecular complexity index is 1070. The van der Waals surface area contributed by atoms with Crippen LogP contribution in [0.3, 0.4) is 0 Å². The molecule has 0 radical (unpaired) electrons. The molecule has 2 aliphatic rings. The SMILES string of the molecule is CCOc1nc(OCC)nc(N2CCN(c3ccc(N4C[C@H](CNC(C)=O)OC4=O)cc3F)CC2)n1. The molecule has 194 valence electrons. The van der Waals surface area contributed by atoms with Crippen molar-refractivity contribution in [2.45, 2.75) is 26.9 Å². The Morgan fingerprint density at radius 1 is 1.08 bits per heavy atom. The zero-order valence-electron chi connectivity index (χ0n) is 20.6. The van der Waals surface area contributed by atoms with Gasteiger partial charge in [-0.3, -0.25) is 9.69 Å². The summed E-state index contributed by atoms with van der Waals surface area (Å²) in [4.78, 5) is 41.5. The van der Waals surface area contributed by atoms with Crippen molar-refractivity contribution in [1.82, 2.24) is 20.3 Å². The zero-order valence-corrected chi connectivity index (χ0v) is 20.6. The van der Waals surface area contributed by atoms with Gasteiger partial charge < -0.3 is 29.3 Å². The molecule has 1 aromatic heterocycles. The standard InChI is InChI=1S/C23H30FN7O5/c1-4-34-21-26-20(27-22(28-21)35-5-2)30-10-8-29(9-11-30)19-7-6-16(12-18(19)24)31-14-17(36-23(31)33)13-25-15(3)32/h6-7,12,17H,4-5,8-11,13-14H2,1-3H3,(H,25,32)/t17-/m0/s1. The minimum absolute atomic E-state index is 0.203. The number of halogens is 1. The fourth-order valence-corrected chi connectivity index (χ4v) is 4.02. The maximum atomic E-state index is 15.1. The summed E-state index contributed by atoms with van der Waals surface area (Å²) in [6, 6.07) is 5.10. The summed E-state index contributed by atoms with van der Waals surface area (Å²) in [6.45, 7) is 8.57. The minimum atomic E-state index is -0.568. The van der Waals surface area contributed by atoms with Crippen LogP contribution in [0.5, 0.6) is 12.0 Å². The van der Waals surface area contributed by atoms with Crippen LogP contribution in [0.4, 0.5) is 26.5 Å². The third kappa shape index (κ3) is 5.83. The molecule has 1 atom stereocenters. The second-order valence-electron chi connectivity index (χ2n) is 8.23. The van der Waals surface area contributed by atoms with Gasteiger partial charge in [0, 0.05) is 33.1 Å². The average molecular weight is 504 g/mol. The number of hydrogen-bond acceptors (Lipinski definition) is 10. The second kappa shape index (κ2) is 11.2. The molecular formula is C23H30FN7O5. The number of nitrogens with one attached hydrogen (secondary N) is 1. The summed E-state index contributed by atoms with van der Waals surface area (Å²) in [5.41, 5.74) is 0.851. The van der Waals surface area contributed by atoms with Crippen LogP contribution in [-0.2, 0) is 9.53 Å². The molecule has 1 N–H and O–H groups in total. The van der Waals surface area contributed by atoms with E-state index in [1.165, 1.54) is 17.9 Å². The molecule has 4 rings (SSSR count). The van der Waals surface area contributed by atoms with Crippen molar-refractivity contribution in [1.29, 1.82) is 0 Å². The lowest BCUT2D eigenvalue weighted by atomic mass is 10.2. The van der Waals surface area contributed by atoms with Crippen LogP contribution >= 0.6 is 0 Å². The van der Waals surface area contributed by atoms with Gasteiger partial charge in [0.1, 0.15) is 11.9 Å². The van der Waals surface area contributed by atoms with E-state index in [4.69, 9.17) is 14.2 Å². The molecule has 0 spiro atoms. The lowest BCUT2D eigenvalue weighted by Gasteiger charge is -2.36. The van der Waals surface area contributed by atoms with Crippen molar-refractivity contribution in [2.75, 3.05) is 67.2 Å². The van der Waals surface area contributed by atoms with Gasteiger partial charge >= 0.3 is 18.1 Å². The first kappa shape index (κ1) is 25.2. The fourth-order valence-electron chi connectivity index (χ4n) is 4.02. The van der Waals surface area contributed by atoms with Gasteiger partial charge in [-0.05, 0) is 32.0 Å². The van der Waals surface area contributed by atoms with E-state index in [0.717, 1.165) is 0 Å². The first-order valence-electron chi connectivity index (χ1n) is 11.9. The largest absolute Gasteiger partial charge is 0.464 e. The van der Waals surface area contributed by atoms with Crippen LogP contribution in [0.1, 0.15) is 20.8 Å². The predicted octanol–water partition coefficient (Wildman–Crippen LogP) is 1.60. The molecule has 12 nitrogen and oxygen atoms in total.